The normalized spacial score (nSPS) is 34.1. The largest absolute Gasteiger partial charge is 0.744 e. The lowest BCUT2D eigenvalue weighted by molar-refractivity contribution is -0.435. The topological polar surface area (TPSA) is 137 Å². The molecule has 2 aliphatic carbocycles. The molecule has 7 atom stereocenters. The van der Waals surface area contributed by atoms with Gasteiger partial charge in [0.2, 0.25) is 0 Å². The zero-order valence-corrected chi connectivity index (χ0v) is 20.5. The fraction of sp³-hybridized carbons (Fsp3) is 0.538. The van der Waals surface area contributed by atoms with Crippen molar-refractivity contribution in [1.82, 2.24) is 0 Å². The van der Waals surface area contributed by atoms with Crippen LogP contribution in [0.5, 0.6) is 0 Å². The third kappa shape index (κ3) is 4.93. The van der Waals surface area contributed by atoms with Gasteiger partial charge in [0.25, 0.3) is 0 Å². The summed E-state index contributed by atoms with van der Waals surface area (Å²) in [4.78, 5) is 26.7. The van der Waals surface area contributed by atoms with Crippen molar-refractivity contribution in [2.75, 3.05) is 6.61 Å². The van der Waals surface area contributed by atoms with Gasteiger partial charge >= 0.3 is 0 Å². The molecular weight excluding hydrogens is 470 g/mol. The van der Waals surface area contributed by atoms with E-state index in [1.165, 1.54) is 18.2 Å². The first kappa shape index (κ1) is 24.5. The predicted octanol–water partition coefficient (Wildman–Crippen LogP) is 1.96. The summed E-state index contributed by atoms with van der Waals surface area (Å²) in [5.41, 5.74) is 4.75. The van der Waals surface area contributed by atoms with Gasteiger partial charge in [-0.05, 0) is 41.7 Å². The maximum absolute atomic E-state index is 13.6. The lowest BCUT2D eigenvalue weighted by Crippen LogP contribution is -2.64. The highest BCUT2D eigenvalue weighted by Gasteiger charge is 2.56. The van der Waals surface area contributed by atoms with E-state index in [4.69, 9.17) is 9.47 Å². The van der Waals surface area contributed by atoms with Gasteiger partial charge in [-0.2, -0.15) is 0 Å². The van der Waals surface area contributed by atoms with Crippen molar-refractivity contribution >= 4 is 32.5 Å². The van der Waals surface area contributed by atoms with Crippen LogP contribution < -0.4 is 5.73 Å². The van der Waals surface area contributed by atoms with Crippen LogP contribution in [-0.2, 0) is 29.2 Å². The third-order valence-corrected chi connectivity index (χ3v) is 8.62. The number of Topliss-reactive ketones (excluding diaryl/α,β-unsaturated/α-hetero) is 2. The molecule has 1 heterocycles. The standard InChI is InChI=1S/C26H31NO7S/c1-2-14-11-21(29)25(17-7-3-6-16-15(17)5-4-8-24(16)35(30,31)32)20(28)9-10-33-22-12-18(22)26(27)19-13-23(19)34-14/h3-8,14,18-19,22-23,25-26H,2,9-13,27H2,1H3,(H,30,31,32). The Labute approximate surface area is 204 Å². The molecule has 3 aliphatic rings. The van der Waals surface area contributed by atoms with E-state index in [-0.39, 0.29) is 65.7 Å². The highest BCUT2D eigenvalue weighted by Crippen LogP contribution is 2.47. The molecule has 5 rings (SSSR count). The number of ether oxygens (including phenoxy) is 2. The van der Waals surface area contributed by atoms with Crippen LogP contribution in [0.1, 0.15) is 50.5 Å². The molecule has 0 bridgehead atoms. The lowest BCUT2D eigenvalue weighted by Gasteiger charge is -2.22. The Kier molecular flexibility index (Phi) is 6.56. The smallest absolute Gasteiger partial charge is 0.150 e. The van der Waals surface area contributed by atoms with Gasteiger partial charge in [0.15, 0.2) is 0 Å². The van der Waals surface area contributed by atoms with Gasteiger partial charge in [0.1, 0.15) is 27.6 Å². The Bertz CT molecular complexity index is 1260. The summed E-state index contributed by atoms with van der Waals surface area (Å²) in [6.07, 6.45) is 2.52. The van der Waals surface area contributed by atoms with Crippen LogP contribution in [0.15, 0.2) is 41.3 Å². The van der Waals surface area contributed by atoms with E-state index in [2.05, 4.69) is 5.73 Å². The average molecular weight is 502 g/mol. The van der Waals surface area contributed by atoms with Gasteiger partial charge in [-0.1, -0.05) is 37.3 Å². The molecule has 9 heteroatoms. The summed E-state index contributed by atoms with van der Waals surface area (Å²) in [7, 11) is -4.73. The molecule has 3 fully saturated rings. The van der Waals surface area contributed by atoms with E-state index in [1.54, 1.807) is 18.2 Å². The highest BCUT2D eigenvalue weighted by atomic mass is 32.2. The highest BCUT2D eigenvalue weighted by molar-refractivity contribution is 7.86. The minimum absolute atomic E-state index is 0.0705. The van der Waals surface area contributed by atoms with Crippen LogP contribution in [0.25, 0.3) is 10.8 Å². The van der Waals surface area contributed by atoms with Crippen LogP contribution in [0.4, 0.5) is 0 Å². The van der Waals surface area contributed by atoms with Crippen LogP contribution in [-0.4, -0.2) is 55.5 Å². The number of carbonyl (C=O) groups excluding carboxylic acids is 2. The number of hydrogen-bond acceptors (Lipinski definition) is 7. The van der Waals surface area contributed by atoms with E-state index < -0.39 is 16.0 Å². The number of benzene rings is 2. The van der Waals surface area contributed by atoms with Crippen molar-refractivity contribution in [2.24, 2.45) is 11.8 Å². The third-order valence-electron chi connectivity index (χ3n) is 7.73. The molecule has 0 spiro atoms. The number of ketones is 2. The summed E-state index contributed by atoms with van der Waals surface area (Å²) < 4.78 is 47.7. The SMILES string of the molecule is CCC1CC(=O)C(c2cccc3c(S(=O)(=O)[O-])cccc23)C(=O)CCOC2CC2C([NH3+])C2CC2O1. The van der Waals surface area contributed by atoms with Crippen LogP contribution in [0.3, 0.4) is 0 Å². The van der Waals surface area contributed by atoms with Gasteiger partial charge in [-0.25, -0.2) is 8.42 Å². The Morgan fingerprint density at radius 2 is 1.69 bits per heavy atom. The molecule has 35 heavy (non-hydrogen) atoms. The van der Waals surface area contributed by atoms with Crippen molar-refractivity contribution in [3.8, 4) is 0 Å². The Balaban J connectivity index is 1.51. The molecule has 2 aromatic carbocycles. The lowest BCUT2D eigenvalue weighted by atomic mass is 9.84. The van der Waals surface area contributed by atoms with Gasteiger partial charge in [0, 0.05) is 24.7 Å². The van der Waals surface area contributed by atoms with E-state index >= 15 is 0 Å². The van der Waals surface area contributed by atoms with E-state index in [1.807, 2.05) is 6.92 Å². The van der Waals surface area contributed by atoms with Crippen molar-refractivity contribution in [3.63, 3.8) is 0 Å². The molecule has 3 N–H and O–H groups in total. The second kappa shape index (κ2) is 9.37. The monoisotopic (exact) mass is 501 g/mol. The summed E-state index contributed by atoms with van der Waals surface area (Å²) >= 11 is 0. The number of carbonyl (C=O) groups is 2. The second-order valence-electron chi connectivity index (χ2n) is 10.0. The van der Waals surface area contributed by atoms with Crippen molar-refractivity contribution < 1.29 is 37.8 Å². The first-order valence-corrected chi connectivity index (χ1v) is 13.7. The summed E-state index contributed by atoms with van der Waals surface area (Å²) in [5.74, 6) is -0.872. The number of hydrogen-bond donors (Lipinski definition) is 1. The molecule has 8 nitrogen and oxygen atoms in total. The molecule has 2 aromatic rings. The Morgan fingerprint density at radius 3 is 2.43 bits per heavy atom. The van der Waals surface area contributed by atoms with Gasteiger partial charge in [-0.15, -0.1) is 0 Å². The molecule has 188 valence electrons. The van der Waals surface area contributed by atoms with E-state index in [0.717, 1.165) is 12.8 Å². The Hall–Kier alpha value is -2.17. The van der Waals surface area contributed by atoms with E-state index in [9.17, 15) is 22.6 Å². The second-order valence-corrected chi connectivity index (χ2v) is 11.4. The van der Waals surface area contributed by atoms with Crippen LogP contribution in [0.2, 0.25) is 0 Å². The minimum atomic E-state index is -4.73. The Morgan fingerprint density at radius 1 is 1.00 bits per heavy atom. The van der Waals surface area contributed by atoms with Crippen molar-refractivity contribution in [1.29, 1.82) is 0 Å². The fourth-order valence-electron chi connectivity index (χ4n) is 5.58. The summed E-state index contributed by atoms with van der Waals surface area (Å²) in [6, 6.07) is 9.38. The molecule has 1 saturated heterocycles. The zero-order chi connectivity index (χ0) is 24.9. The first-order valence-electron chi connectivity index (χ1n) is 12.3. The number of quaternary nitrogens is 1. The number of rotatable bonds is 3. The van der Waals surface area contributed by atoms with Crippen LogP contribution in [0, 0.1) is 11.8 Å². The van der Waals surface area contributed by atoms with Gasteiger partial charge in [0.05, 0.1) is 35.9 Å². The van der Waals surface area contributed by atoms with E-state index in [0.29, 0.717) is 29.2 Å². The predicted molar refractivity (Wildman–Crippen MR) is 125 cm³/mol. The molecule has 0 amide bonds. The van der Waals surface area contributed by atoms with Crippen molar-refractivity contribution in [3.05, 3.63) is 42.0 Å². The summed E-state index contributed by atoms with van der Waals surface area (Å²) in [5, 5.41) is 0.624. The van der Waals surface area contributed by atoms with Crippen LogP contribution >= 0.6 is 0 Å². The number of fused-ring (bicyclic) bond motifs is 3. The maximum Gasteiger partial charge on any atom is 0.150 e. The minimum Gasteiger partial charge on any atom is -0.744 e. The van der Waals surface area contributed by atoms with Gasteiger partial charge in [-0.3, -0.25) is 9.59 Å². The molecule has 0 radical (unpaired) electrons. The molecular formula is C26H31NO7S. The molecule has 2 saturated carbocycles. The zero-order valence-electron chi connectivity index (χ0n) is 19.7. The van der Waals surface area contributed by atoms with Gasteiger partial charge < -0.3 is 19.8 Å². The average Bonchev–Trinajstić information content (AvgIpc) is 3.73. The molecule has 7 unspecified atom stereocenters. The van der Waals surface area contributed by atoms with Crippen molar-refractivity contribution in [2.45, 2.75) is 74.2 Å². The molecule has 0 aromatic heterocycles. The maximum atomic E-state index is 13.6. The molecule has 1 aliphatic heterocycles. The summed E-state index contributed by atoms with van der Waals surface area (Å²) in [6.45, 7) is 2.19. The first-order chi connectivity index (χ1) is 16.7. The fourth-order valence-corrected chi connectivity index (χ4v) is 6.27. The quantitative estimate of drug-likeness (QED) is 0.501.